The lowest BCUT2D eigenvalue weighted by Gasteiger charge is -2.10. The molecule has 0 unspecified atom stereocenters. The number of halogens is 1. The molecule has 2 aromatic heterocycles. The minimum Gasteiger partial charge on any atom is -0.352 e. The van der Waals surface area contributed by atoms with Crippen LogP contribution < -0.4 is 5.32 Å². The number of nitrogens with one attached hydrogen (secondary N) is 1. The molecule has 0 bridgehead atoms. The van der Waals surface area contributed by atoms with E-state index in [9.17, 15) is 9.18 Å². The maximum atomic E-state index is 13.0. The molecule has 10 heteroatoms. The van der Waals surface area contributed by atoms with Crippen LogP contribution in [0.5, 0.6) is 0 Å². The summed E-state index contributed by atoms with van der Waals surface area (Å²) in [6, 6.07) is 23.7. The van der Waals surface area contributed by atoms with E-state index in [1.165, 1.54) is 23.9 Å². The van der Waals surface area contributed by atoms with E-state index in [2.05, 4.69) is 25.8 Å². The van der Waals surface area contributed by atoms with Crippen LogP contribution in [0, 0.1) is 5.82 Å². The highest BCUT2D eigenvalue weighted by Crippen LogP contribution is 2.23. The fourth-order valence-corrected chi connectivity index (χ4v) is 4.54. The van der Waals surface area contributed by atoms with Gasteiger partial charge in [-0.25, -0.2) is 9.07 Å². The smallest absolute Gasteiger partial charge is 0.221 e. The Bertz CT molecular complexity index is 1430. The van der Waals surface area contributed by atoms with Crippen LogP contribution >= 0.6 is 11.8 Å². The van der Waals surface area contributed by atoms with Gasteiger partial charge >= 0.3 is 0 Å². The third kappa shape index (κ3) is 5.38. The monoisotopic (exact) mass is 487 g/mol. The van der Waals surface area contributed by atoms with Crippen LogP contribution in [0.3, 0.4) is 0 Å². The Kier molecular flexibility index (Phi) is 6.80. The number of thioether (sulfide) groups is 1. The highest BCUT2D eigenvalue weighted by molar-refractivity contribution is 7.99. The van der Waals surface area contributed by atoms with Crippen LogP contribution in [-0.4, -0.2) is 41.4 Å². The number of hydrogen-bond acceptors (Lipinski definition) is 6. The minimum atomic E-state index is -0.296. The quantitative estimate of drug-likeness (QED) is 0.316. The summed E-state index contributed by atoms with van der Waals surface area (Å²) in [6.07, 6.45) is 0.316. The van der Waals surface area contributed by atoms with Gasteiger partial charge in [0.25, 0.3) is 0 Å². The topological polar surface area (TPSA) is 90.5 Å². The number of fused-ring (bicyclic) bond motifs is 1. The van der Waals surface area contributed by atoms with Crippen LogP contribution in [0.1, 0.15) is 17.8 Å². The second-order valence-electron chi connectivity index (χ2n) is 7.81. The van der Waals surface area contributed by atoms with Crippen LogP contribution in [0.15, 0.2) is 84.0 Å². The molecule has 1 N–H and O–H groups in total. The molecule has 1 amide bonds. The van der Waals surface area contributed by atoms with Crippen molar-refractivity contribution < 1.29 is 9.18 Å². The molecule has 0 saturated carbocycles. The Labute approximate surface area is 205 Å². The fraction of sp³-hybridized carbons (Fsp3) is 0.160. The lowest BCUT2D eigenvalue weighted by molar-refractivity contribution is -0.120. The molecule has 3 aromatic carbocycles. The number of carbonyl (C=O) groups is 1. The molecule has 0 fully saturated rings. The normalized spacial score (nSPS) is 11.1. The summed E-state index contributed by atoms with van der Waals surface area (Å²) in [4.78, 5) is 12.3. The van der Waals surface area contributed by atoms with E-state index in [0.29, 0.717) is 30.4 Å². The summed E-state index contributed by atoms with van der Waals surface area (Å²) >= 11 is 1.46. The second-order valence-corrected chi connectivity index (χ2v) is 8.87. The van der Waals surface area contributed by atoms with Crippen molar-refractivity contribution in [2.75, 3.05) is 5.75 Å². The Hall–Kier alpha value is -4.05. The number of aromatic nitrogens is 6. The van der Waals surface area contributed by atoms with Crippen molar-refractivity contribution in [2.45, 2.75) is 24.7 Å². The van der Waals surface area contributed by atoms with E-state index in [4.69, 9.17) is 0 Å². The highest BCUT2D eigenvalue weighted by Gasteiger charge is 2.17. The predicted octanol–water partition coefficient (Wildman–Crippen LogP) is 4.00. The molecule has 0 aliphatic rings. The zero-order valence-corrected chi connectivity index (χ0v) is 19.5. The number of rotatable bonds is 9. The third-order valence-electron chi connectivity index (χ3n) is 5.39. The van der Waals surface area contributed by atoms with E-state index < -0.39 is 0 Å². The Morgan fingerprint density at radius 1 is 0.914 bits per heavy atom. The predicted molar refractivity (Wildman–Crippen MR) is 132 cm³/mol. The van der Waals surface area contributed by atoms with Gasteiger partial charge in [-0.1, -0.05) is 59.4 Å². The zero-order valence-electron chi connectivity index (χ0n) is 18.7. The highest BCUT2D eigenvalue weighted by atomic mass is 32.2. The van der Waals surface area contributed by atoms with E-state index in [0.717, 1.165) is 28.1 Å². The van der Waals surface area contributed by atoms with Gasteiger partial charge in [0, 0.05) is 24.4 Å². The molecule has 35 heavy (non-hydrogen) atoms. The summed E-state index contributed by atoms with van der Waals surface area (Å²) < 4.78 is 16.8. The van der Waals surface area contributed by atoms with Crippen LogP contribution in [0.2, 0.25) is 0 Å². The molecule has 0 aliphatic heterocycles. The van der Waals surface area contributed by atoms with Gasteiger partial charge < -0.3 is 5.32 Å². The van der Waals surface area contributed by atoms with Gasteiger partial charge in [0.2, 0.25) is 5.91 Å². The van der Waals surface area contributed by atoms with Gasteiger partial charge in [0.05, 0.1) is 5.52 Å². The lowest BCUT2D eigenvalue weighted by atomic mass is 10.2. The van der Waals surface area contributed by atoms with Gasteiger partial charge in [-0.15, -0.1) is 15.3 Å². The Morgan fingerprint density at radius 3 is 2.51 bits per heavy atom. The minimum absolute atomic E-state index is 0.0816. The first-order valence-electron chi connectivity index (χ1n) is 11.1. The molecule has 0 radical (unpaired) electrons. The first-order valence-corrected chi connectivity index (χ1v) is 12.1. The average Bonchev–Trinajstić information content (AvgIpc) is 3.48. The maximum Gasteiger partial charge on any atom is 0.221 e. The van der Waals surface area contributed by atoms with Crippen LogP contribution in [-0.2, 0) is 17.9 Å². The average molecular weight is 488 g/mol. The van der Waals surface area contributed by atoms with Gasteiger partial charge in [0.15, 0.2) is 11.0 Å². The van der Waals surface area contributed by atoms with Crippen molar-refractivity contribution in [3.63, 3.8) is 0 Å². The first kappa shape index (κ1) is 22.7. The Morgan fingerprint density at radius 2 is 1.69 bits per heavy atom. The van der Waals surface area contributed by atoms with E-state index in [1.54, 1.807) is 16.8 Å². The largest absolute Gasteiger partial charge is 0.352 e. The lowest BCUT2D eigenvalue weighted by Crippen LogP contribution is -2.23. The number of hydrogen-bond donors (Lipinski definition) is 1. The summed E-state index contributed by atoms with van der Waals surface area (Å²) in [5.74, 6) is 0.874. The standard InChI is InChI=1S/C25H22FN7OS/c26-19-12-10-18(11-13-19)16-27-24(34)14-15-35-25-30-29-23(33(25)20-6-2-1-3-7-20)17-32-22-9-5-4-8-21(22)28-31-32/h1-13H,14-17H2,(H,27,34). The molecule has 2 heterocycles. The fourth-order valence-electron chi connectivity index (χ4n) is 3.63. The summed E-state index contributed by atoms with van der Waals surface area (Å²) in [5, 5.41) is 20.9. The van der Waals surface area contributed by atoms with Crippen LogP contribution in [0.4, 0.5) is 4.39 Å². The number of carbonyl (C=O) groups excluding carboxylic acids is 1. The number of benzene rings is 3. The summed E-state index contributed by atoms with van der Waals surface area (Å²) in [5.41, 5.74) is 3.52. The summed E-state index contributed by atoms with van der Waals surface area (Å²) in [6.45, 7) is 0.765. The van der Waals surface area contributed by atoms with Crippen molar-refractivity contribution in [2.24, 2.45) is 0 Å². The summed E-state index contributed by atoms with van der Waals surface area (Å²) in [7, 11) is 0. The molecule has 0 atom stereocenters. The van der Waals surface area contributed by atoms with Crippen molar-refractivity contribution in [3.05, 3.63) is 96.1 Å². The molecule has 0 saturated heterocycles. The maximum absolute atomic E-state index is 13.0. The number of amides is 1. The molecular formula is C25H22FN7OS. The van der Waals surface area contributed by atoms with E-state index >= 15 is 0 Å². The van der Waals surface area contributed by atoms with Gasteiger partial charge in [-0.3, -0.25) is 9.36 Å². The molecule has 5 rings (SSSR count). The molecule has 0 spiro atoms. The van der Waals surface area contributed by atoms with Gasteiger partial charge in [-0.05, 0) is 42.0 Å². The Balaban J connectivity index is 1.27. The molecular weight excluding hydrogens is 465 g/mol. The number of nitrogens with zero attached hydrogens (tertiary/aromatic N) is 6. The van der Waals surface area contributed by atoms with Crippen molar-refractivity contribution in [1.29, 1.82) is 0 Å². The zero-order chi connectivity index (χ0) is 24.0. The van der Waals surface area contributed by atoms with Gasteiger partial charge in [0.1, 0.15) is 17.9 Å². The van der Waals surface area contributed by atoms with Crippen molar-refractivity contribution in [3.8, 4) is 5.69 Å². The first-order chi connectivity index (χ1) is 17.2. The van der Waals surface area contributed by atoms with E-state index in [1.807, 2.05) is 59.2 Å². The molecule has 0 aliphatic carbocycles. The molecule has 8 nitrogen and oxygen atoms in total. The second kappa shape index (κ2) is 10.5. The molecule has 5 aromatic rings. The van der Waals surface area contributed by atoms with Crippen LogP contribution in [0.25, 0.3) is 16.7 Å². The third-order valence-corrected chi connectivity index (χ3v) is 6.32. The number of para-hydroxylation sites is 2. The van der Waals surface area contributed by atoms with Crippen molar-refractivity contribution >= 4 is 28.7 Å². The van der Waals surface area contributed by atoms with Gasteiger partial charge in [-0.2, -0.15) is 0 Å². The van der Waals surface area contributed by atoms with Crippen molar-refractivity contribution in [1.82, 2.24) is 35.1 Å². The SMILES string of the molecule is O=C(CCSc1nnc(Cn2nnc3ccccc32)n1-c1ccccc1)NCc1ccc(F)cc1. The van der Waals surface area contributed by atoms with E-state index in [-0.39, 0.29) is 11.7 Å². The molecule has 176 valence electrons.